The summed E-state index contributed by atoms with van der Waals surface area (Å²) in [5, 5.41) is 3.27. The van der Waals surface area contributed by atoms with Gasteiger partial charge >= 0.3 is 0 Å². The van der Waals surface area contributed by atoms with E-state index >= 15 is 0 Å². The topological polar surface area (TPSA) is 72.1 Å². The van der Waals surface area contributed by atoms with Crippen LogP contribution in [0.3, 0.4) is 0 Å². The van der Waals surface area contributed by atoms with Gasteiger partial charge in [0.05, 0.1) is 20.8 Å². The maximum Gasteiger partial charge on any atom is 0.188 e. The highest BCUT2D eigenvalue weighted by Crippen LogP contribution is 2.27. The van der Waals surface area contributed by atoms with Crippen molar-refractivity contribution < 1.29 is 9.47 Å². The van der Waals surface area contributed by atoms with Crippen molar-refractivity contribution in [1.29, 1.82) is 0 Å². The number of hydrogen-bond donors (Lipinski definition) is 2. The molecule has 0 saturated carbocycles. The second-order valence-corrected chi connectivity index (χ2v) is 7.10. The van der Waals surface area contributed by atoms with E-state index in [1.807, 2.05) is 18.2 Å². The van der Waals surface area contributed by atoms with Crippen molar-refractivity contribution in [2.75, 3.05) is 33.9 Å². The first-order valence-corrected chi connectivity index (χ1v) is 8.96. The minimum absolute atomic E-state index is 0.0733. The maximum atomic E-state index is 6.05. The highest BCUT2D eigenvalue weighted by Gasteiger charge is 2.27. The number of aliphatic imine (C=N–C) groups is 1. The van der Waals surface area contributed by atoms with Crippen molar-refractivity contribution in [2.24, 2.45) is 10.7 Å². The molecule has 6 heteroatoms. The molecule has 0 spiro atoms. The highest BCUT2D eigenvalue weighted by atomic mass is 16.5. The van der Waals surface area contributed by atoms with Crippen LogP contribution in [0.25, 0.3) is 0 Å². The number of nitrogens with zero attached hydrogens (tertiary/aromatic N) is 2. The first-order chi connectivity index (χ1) is 12.0. The van der Waals surface area contributed by atoms with E-state index in [2.05, 4.69) is 29.1 Å². The molecule has 1 aromatic rings. The summed E-state index contributed by atoms with van der Waals surface area (Å²) in [5.41, 5.74) is 7.15. The normalized spacial score (nSPS) is 16.6. The van der Waals surface area contributed by atoms with E-state index in [-0.39, 0.29) is 5.54 Å². The van der Waals surface area contributed by atoms with Gasteiger partial charge in [-0.05, 0) is 57.5 Å². The van der Waals surface area contributed by atoms with Crippen molar-refractivity contribution in [2.45, 2.75) is 45.2 Å². The van der Waals surface area contributed by atoms with Gasteiger partial charge in [-0.2, -0.15) is 0 Å². The summed E-state index contributed by atoms with van der Waals surface area (Å²) in [7, 11) is 3.26. The number of nitrogens with one attached hydrogen (secondary N) is 1. The molecule has 1 aromatic carbocycles. The van der Waals surface area contributed by atoms with Gasteiger partial charge in [0.2, 0.25) is 0 Å². The predicted octanol–water partition coefficient (Wildman–Crippen LogP) is 2.37. The quantitative estimate of drug-likeness (QED) is 0.585. The van der Waals surface area contributed by atoms with E-state index in [1.54, 1.807) is 14.2 Å². The maximum absolute atomic E-state index is 6.05. The third kappa shape index (κ3) is 5.53. The smallest absolute Gasteiger partial charge is 0.188 e. The van der Waals surface area contributed by atoms with Gasteiger partial charge in [-0.15, -0.1) is 0 Å². The lowest BCUT2D eigenvalue weighted by Crippen LogP contribution is -2.54. The second-order valence-electron chi connectivity index (χ2n) is 7.10. The fourth-order valence-corrected chi connectivity index (χ4v) is 3.13. The average molecular weight is 348 g/mol. The monoisotopic (exact) mass is 348 g/mol. The van der Waals surface area contributed by atoms with Gasteiger partial charge in [0.15, 0.2) is 17.5 Å². The van der Waals surface area contributed by atoms with Gasteiger partial charge in [0.25, 0.3) is 0 Å². The Kier molecular flexibility index (Phi) is 6.93. The Balaban J connectivity index is 1.89. The largest absolute Gasteiger partial charge is 0.493 e. The Bertz CT molecular complexity index is 581. The number of methoxy groups -OCH3 is 2. The minimum Gasteiger partial charge on any atom is -0.493 e. The number of ether oxygens (including phenoxy) is 2. The van der Waals surface area contributed by atoms with Crippen LogP contribution in [0.15, 0.2) is 23.2 Å². The molecule has 2 rings (SSSR count). The van der Waals surface area contributed by atoms with Crippen LogP contribution in [0.4, 0.5) is 0 Å². The van der Waals surface area contributed by atoms with Crippen molar-refractivity contribution >= 4 is 5.96 Å². The van der Waals surface area contributed by atoms with Crippen molar-refractivity contribution in [3.05, 3.63) is 23.8 Å². The van der Waals surface area contributed by atoms with Gasteiger partial charge in [-0.25, -0.2) is 4.99 Å². The van der Waals surface area contributed by atoms with Crippen LogP contribution < -0.4 is 20.5 Å². The predicted molar refractivity (Wildman–Crippen MR) is 102 cm³/mol. The van der Waals surface area contributed by atoms with E-state index in [4.69, 9.17) is 15.2 Å². The highest BCUT2D eigenvalue weighted by molar-refractivity contribution is 5.77. The van der Waals surface area contributed by atoms with Gasteiger partial charge in [-0.3, -0.25) is 4.90 Å². The van der Waals surface area contributed by atoms with Gasteiger partial charge < -0.3 is 20.5 Å². The molecule has 1 fully saturated rings. The molecular formula is C19H32N4O2. The summed E-state index contributed by atoms with van der Waals surface area (Å²) < 4.78 is 10.6. The van der Waals surface area contributed by atoms with E-state index in [0.29, 0.717) is 24.0 Å². The fourth-order valence-electron chi connectivity index (χ4n) is 3.13. The molecule has 1 aliphatic heterocycles. The lowest BCUT2D eigenvalue weighted by molar-refractivity contribution is 0.0983. The molecule has 0 amide bonds. The van der Waals surface area contributed by atoms with Crippen molar-refractivity contribution in [3.63, 3.8) is 0 Å². The van der Waals surface area contributed by atoms with Crippen LogP contribution >= 0.6 is 0 Å². The summed E-state index contributed by atoms with van der Waals surface area (Å²) in [4.78, 5) is 6.97. The Morgan fingerprint density at radius 3 is 2.48 bits per heavy atom. The molecule has 0 aromatic heterocycles. The fraction of sp³-hybridized carbons (Fsp3) is 0.632. The van der Waals surface area contributed by atoms with E-state index in [0.717, 1.165) is 25.2 Å². The molecule has 1 heterocycles. The Morgan fingerprint density at radius 2 is 1.84 bits per heavy atom. The molecule has 1 aliphatic rings. The van der Waals surface area contributed by atoms with Crippen LogP contribution in [0.2, 0.25) is 0 Å². The zero-order chi connectivity index (χ0) is 18.3. The van der Waals surface area contributed by atoms with E-state index in [9.17, 15) is 0 Å². The van der Waals surface area contributed by atoms with Gasteiger partial charge in [0, 0.05) is 12.1 Å². The molecule has 0 aliphatic carbocycles. The molecule has 1 saturated heterocycles. The van der Waals surface area contributed by atoms with Crippen LogP contribution in [0, 0.1) is 0 Å². The van der Waals surface area contributed by atoms with E-state index in [1.165, 1.54) is 19.3 Å². The van der Waals surface area contributed by atoms with Gasteiger partial charge in [-0.1, -0.05) is 12.5 Å². The number of nitrogens with two attached hydrogens (primary N) is 1. The Labute approximate surface area is 151 Å². The molecular weight excluding hydrogens is 316 g/mol. The molecule has 6 nitrogen and oxygen atoms in total. The number of hydrogen-bond acceptors (Lipinski definition) is 4. The average Bonchev–Trinajstić information content (AvgIpc) is 2.65. The van der Waals surface area contributed by atoms with Crippen LogP contribution in [-0.4, -0.2) is 50.3 Å². The number of rotatable bonds is 7. The number of likely N-dealkylation sites (tertiary alicyclic amines) is 1. The zero-order valence-corrected chi connectivity index (χ0v) is 16.0. The molecule has 0 unspecified atom stereocenters. The molecule has 140 valence electrons. The van der Waals surface area contributed by atoms with E-state index < -0.39 is 0 Å². The number of guanidine groups is 1. The number of piperidine rings is 1. The van der Waals surface area contributed by atoms with Crippen LogP contribution in [0.5, 0.6) is 11.5 Å². The molecule has 0 radical (unpaired) electrons. The van der Waals surface area contributed by atoms with Crippen molar-refractivity contribution in [1.82, 2.24) is 10.2 Å². The standard InChI is InChI=1S/C19H32N4O2/c1-19(2,23-10-6-5-7-11-23)14-22-18(20)21-13-15-8-9-16(24-3)17(12-15)25-4/h8-9,12H,5-7,10-11,13-14H2,1-4H3,(H3,20,21,22). The molecule has 0 atom stereocenters. The summed E-state index contributed by atoms with van der Waals surface area (Å²) in [6.45, 7) is 8.13. The molecule has 0 bridgehead atoms. The molecule has 25 heavy (non-hydrogen) atoms. The zero-order valence-electron chi connectivity index (χ0n) is 16.0. The summed E-state index contributed by atoms with van der Waals surface area (Å²) >= 11 is 0. The molecule has 3 N–H and O–H groups in total. The van der Waals surface area contributed by atoms with Crippen LogP contribution in [-0.2, 0) is 6.54 Å². The SMILES string of the molecule is COc1ccc(CN=C(N)NCC(C)(C)N2CCCCC2)cc1OC. The Hall–Kier alpha value is -1.95. The lowest BCUT2D eigenvalue weighted by atomic mass is 9.98. The summed E-state index contributed by atoms with van der Waals surface area (Å²) in [6, 6.07) is 5.77. The third-order valence-corrected chi connectivity index (χ3v) is 4.79. The summed E-state index contributed by atoms with van der Waals surface area (Å²) in [6.07, 6.45) is 3.91. The first kappa shape index (κ1) is 19.4. The van der Waals surface area contributed by atoms with Crippen molar-refractivity contribution in [3.8, 4) is 11.5 Å². The minimum atomic E-state index is 0.0733. The van der Waals surface area contributed by atoms with Crippen LogP contribution in [0.1, 0.15) is 38.7 Å². The second kappa shape index (κ2) is 8.94. The number of benzene rings is 1. The lowest BCUT2D eigenvalue weighted by Gasteiger charge is -2.41. The summed E-state index contributed by atoms with van der Waals surface area (Å²) in [5.74, 6) is 1.89. The first-order valence-electron chi connectivity index (χ1n) is 8.96. The Morgan fingerprint density at radius 1 is 1.16 bits per heavy atom. The van der Waals surface area contributed by atoms with Gasteiger partial charge in [0.1, 0.15) is 0 Å². The third-order valence-electron chi connectivity index (χ3n) is 4.79.